The number of hydrogen-bond donors (Lipinski definition) is 2. The molecule has 1 aliphatic rings. The van der Waals surface area contributed by atoms with E-state index in [9.17, 15) is 23.6 Å². The minimum absolute atomic E-state index is 0.0542. The van der Waals surface area contributed by atoms with Crippen LogP contribution in [0.3, 0.4) is 0 Å². The number of hydrogen-bond acceptors (Lipinski definition) is 5. The zero-order chi connectivity index (χ0) is 22.4. The van der Waals surface area contributed by atoms with Gasteiger partial charge in [-0.1, -0.05) is 24.3 Å². The first-order valence-electron chi connectivity index (χ1n) is 9.46. The van der Waals surface area contributed by atoms with E-state index < -0.39 is 11.1 Å². The van der Waals surface area contributed by atoms with Crippen LogP contribution in [0.1, 0.15) is 18.1 Å². The van der Waals surface area contributed by atoms with Gasteiger partial charge in [0.15, 0.2) is 0 Å². The van der Waals surface area contributed by atoms with Crippen LogP contribution >= 0.6 is 11.8 Å². The third kappa shape index (κ3) is 6.26. The van der Waals surface area contributed by atoms with Crippen molar-refractivity contribution in [1.82, 2.24) is 10.2 Å². The van der Waals surface area contributed by atoms with Crippen molar-refractivity contribution in [3.05, 3.63) is 70.4 Å². The molecular formula is C22H20FN3O4S. The molecule has 4 amide bonds. The molecule has 7 nitrogen and oxygen atoms in total. The van der Waals surface area contributed by atoms with Crippen LogP contribution in [0.2, 0.25) is 0 Å². The molecule has 0 unspecified atom stereocenters. The van der Waals surface area contributed by atoms with Crippen molar-refractivity contribution in [3.63, 3.8) is 0 Å². The predicted molar refractivity (Wildman–Crippen MR) is 117 cm³/mol. The zero-order valence-corrected chi connectivity index (χ0v) is 17.5. The van der Waals surface area contributed by atoms with Crippen LogP contribution in [0, 0.1) is 5.82 Å². The molecule has 9 heteroatoms. The fourth-order valence-electron chi connectivity index (χ4n) is 2.87. The van der Waals surface area contributed by atoms with Crippen molar-refractivity contribution >= 4 is 46.5 Å². The highest BCUT2D eigenvalue weighted by Gasteiger charge is 2.34. The van der Waals surface area contributed by atoms with Crippen LogP contribution in [-0.2, 0) is 20.8 Å². The Hall–Kier alpha value is -3.46. The highest BCUT2D eigenvalue weighted by atomic mass is 32.2. The maximum absolute atomic E-state index is 13.0. The van der Waals surface area contributed by atoms with E-state index in [0.29, 0.717) is 11.3 Å². The molecule has 1 aliphatic heterocycles. The molecule has 160 valence electrons. The molecule has 0 aliphatic carbocycles. The molecule has 1 fully saturated rings. The minimum atomic E-state index is -0.442. The second-order valence-electron chi connectivity index (χ2n) is 6.79. The molecule has 1 heterocycles. The SMILES string of the molecule is CC(=O)Nc1ccc(CC(=O)NCCN2C(=O)SC(=Cc3ccc(F)cc3)C2=O)cc1. The average molecular weight is 441 g/mol. The molecule has 2 aromatic carbocycles. The first-order chi connectivity index (χ1) is 14.8. The number of benzene rings is 2. The molecule has 0 bridgehead atoms. The van der Waals surface area contributed by atoms with Crippen molar-refractivity contribution in [2.45, 2.75) is 13.3 Å². The maximum Gasteiger partial charge on any atom is 0.293 e. The fraction of sp³-hybridized carbons (Fsp3) is 0.182. The summed E-state index contributed by atoms with van der Waals surface area (Å²) in [4.78, 5) is 49.1. The first-order valence-corrected chi connectivity index (χ1v) is 10.3. The highest BCUT2D eigenvalue weighted by Crippen LogP contribution is 2.31. The monoisotopic (exact) mass is 441 g/mol. The Morgan fingerprint density at radius 1 is 1.06 bits per heavy atom. The Kier molecular flexibility index (Phi) is 7.19. The molecule has 31 heavy (non-hydrogen) atoms. The summed E-state index contributed by atoms with van der Waals surface area (Å²) in [6.45, 7) is 1.60. The van der Waals surface area contributed by atoms with Gasteiger partial charge in [0.05, 0.1) is 11.3 Å². The van der Waals surface area contributed by atoms with Crippen LogP contribution < -0.4 is 10.6 Å². The van der Waals surface area contributed by atoms with Gasteiger partial charge in [-0.25, -0.2) is 4.39 Å². The third-order valence-corrected chi connectivity index (χ3v) is 5.25. The van der Waals surface area contributed by atoms with E-state index in [-0.39, 0.29) is 42.0 Å². The lowest BCUT2D eigenvalue weighted by molar-refractivity contribution is -0.124. The molecule has 0 spiro atoms. The molecule has 0 saturated carbocycles. The Balaban J connectivity index is 1.49. The number of nitrogens with one attached hydrogen (secondary N) is 2. The minimum Gasteiger partial charge on any atom is -0.354 e. The van der Waals surface area contributed by atoms with Gasteiger partial charge in [0.2, 0.25) is 11.8 Å². The number of amides is 4. The van der Waals surface area contributed by atoms with Gasteiger partial charge in [-0.05, 0) is 53.2 Å². The second-order valence-corrected chi connectivity index (χ2v) is 7.78. The molecule has 1 saturated heterocycles. The summed E-state index contributed by atoms with van der Waals surface area (Å²) in [5, 5.41) is 4.92. The summed E-state index contributed by atoms with van der Waals surface area (Å²) in [5.41, 5.74) is 2.02. The van der Waals surface area contributed by atoms with E-state index in [0.717, 1.165) is 22.2 Å². The highest BCUT2D eigenvalue weighted by molar-refractivity contribution is 8.18. The normalized spacial score (nSPS) is 14.8. The lowest BCUT2D eigenvalue weighted by atomic mass is 10.1. The van der Waals surface area contributed by atoms with Crippen LogP contribution in [0.5, 0.6) is 0 Å². The van der Waals surface area contributed by atoms with Crippen LogP contribution in [0.4, 0.5) is 14.9 Å². The Bertz CT molecular complexity index is 1040. The summed E-state index contributed by atoms with van der Waals surface area (Å²) >= 11 is 0.810. The zero-order valence-electron chi connectivity index (χ0n) is 16.7. The van der Waals surface area contributed by atoms with E-state index in [2.05, 4.69) is 10.6 Å². The summed E-state index contributed by atoms with van der Waals surface area (Å²) in [7, 11) is 0. The Labute approximate surface area is 182 Å². The van der Waals surface area contributed by atoms with Gasteiger partial charge in [0.25, 0.3) is 11.1 Å². The van der Waals surface area contributed by atoms with Gasteiger partial charge in [-0.2, -0.15) is 0 Å². The van der Waals surface area contributed by atoms with E-state index in [1.54, 1.807) is 24.3 Å². The second kappa shape index (κ2) is 10.0. The summed E-state index contributed by atoms with van der Waals surface area (Å²) in [6.07, 6.45) is 1.67. The Morgan fingerprint density at radius 2 is 1.74 bits per heavy atom. The van der Waals surface area contributed by atoms with Gasteiger partial charge in [-0.15, -0.1) is 0 Å². The molecule has 2 aromatic rings. The lowest BCUT2D eigenvalue weighted by Crippen LogP contribution is -2.37. The van der Waals surface area contributed by atoms with Gasteiger partial charge >= 0.3 is 0 Å². The topological polar surface area (TPSA) is 95.6 Å². The van der Waals surface area contributed by atoms with Crippen molar-refractivity contribution < 1.29 is 23.6 Å². The van der Waals surface area contributed by atoms with Crippen LogP contribution in [-0.4, -0.2) is 41.0 Å². The summed E-state index contributed by atoms with van der Waals surface area (Å²) in [6, 6.07) is 12.5. The van der Waals surface area contributed by atoms with Crippen molar-refractivity contribution in [2.75, 3.05) is 18.4 Å². The van der Waals surface area contributed by atoms with Crippen molar-refractivity contribution in [1.29, 1.82) is 0 Å². The smallest absolute Gasteiger partial charge is 0.293 e. The predicted octanol–water partition coefficient (Wildman–Crippen LogP) is 3.18. The first kappa shape index (κ1) is 22.2. The van der Waals surface area contributed by atoms with Crippen molar-refractivity contribution in [2.24, 2.45) is 0 Å². The van der Waals surface area contributed by atoms with Crippen LogP contribution in [0.15, 0.2) is 53.4 Å². The van der Waals surface area contributed by atoms with E-state index in [1.807, 2.05) is 0 Å². The van der Waals surface area contributed by atoms with E-state index in [4.69, 9.17) is 0 Å². The lowest BCUT2D eigenvalue weighted by Gasteiger charge is -2.13. The molecule has 0 aromatic heterocycles. The number of carbonyl (C=O) groups excluding carboxylic acids is 4. The number of halogens is 1. The number of anilines is 1. The quantitative estimate of drug-likeness (QED) is 0.644. The van der Waals surface area contributed by atoms with E-state index >= 15 is 0 Å². The molecule has 3 rings (SSSR count). The molecular weight excluding hydrogens is 421 g/mol. The number of carbonyl (C=O) groups is 4. The number of thioether (sulfide) groups is 1. The van der Waals surface area contributed by atoms with Gasteiger partial charge in [0.1, 0.15) is 5.82 Å². The summed E-state index contributed by atoms with van der Waals surface area (Å²) < 4.78 is 13.0. The fourth-order valence-corrected chi connectivity index (χ4v) is 3.73. The standard InChI is InChI=1S/C22H20FN3O4S/c1-14(27)25-18-8-4-16(5-9-18)13-20(28)24-10-11-26-21(29)19(31-22(26)30)12-15-2-6-17(23)7-3-15/h2-9,12H,10-11,13H2,1H3,(H,24,28)(H,25,27). The number of imide groups is 1. The molecule has 0 atom stereocenters. The Morgan fingerprint density at radius 3 is 2.39 bits per heavy atom. The number of rotatable bonds is 7. The third-order valence-electron chi connectivity index (χ3n) is 4.34. The van der Waals surface area contributed by atoms with E-state index in [1.165, 1.54) is 37.3 Å². The molecule has 0 radical (unpaired) electrons. The number of nitrogens with zero attached hydrogens (tertiary/aromatic N) is 1. The van der Waals surface area contributed by atoms with Gasteiger partial charge in [0, 0.05) is 25.7 Å². The molecule has 2 N–H and O–H groups in total. The summed E-state index contributed by atoms with van der Waals surface area (Å²) in [5.74, 6) is -1.25. The maximum atomic E-state index is 13.0. The largest absolute Gasteiger partial charge is 0.354 e. The van der Waals surface area contributed by atoms with Crippen molar-refractivity contribution in [3.8, 4) is 0 Å². The van der Waals surface area contributed by atoms with Gasteiger partial charge in [-0.3, -0.25) is 24.1 Å². The average Bonchev–Trinajstić information content (AvgIpc) is 2.98. The van der Waals surface area contributed by atoms with Gasteiger partial charge < -0.3 is 10.6 Å². The van der Waals surface area contributed by atoms with Crippen LogP contribution in [0.25, 0.3) is 6.08 Å².